The summed E-state index contributed by atoms with van der Waals surface area (Å²) in [6, 6.07) is 8.26. The van der Waals surface area contributed by atoms with Gasteiger partial charge in [-0.2, -0.15) is 0 Å². The zero-order chi connectivity index (χ0) is 15.0. The SMILES string of the molecule is COc1ccc(-c2cc(=O)n3[nH]cc(C(=O)[O-])c3n2)cc1.[Na+]. The van der Waals surface area contributed by atoms with Crippen LogP contribution in [-0.2, 0) is 0 Å². The summed E-state index contributed by atoms with van der Waals surface area (Å²) in [7, 11) is 1.55. The molecule has 0 unspecified atom stereocenters. The Labute approximate surface area is 146 Å². The summed E-state index contributed by atoms with van der Waals surface area (Å²) in [5.74, 6) is -0.721. The number of aromatic nitrogens is 3. The standard InChI is InChI=1S/C14H11N3O4.Na/c1-21-9-4-2-8(3-5-9)11-6-12(18)17-13(16-11)10(7-15-17)14(19)20;/h2-7,15H,1H3,(H,19,20);/q;+1/p-1. The van der Waals surface area contributed by atoms with E-state index >= 15 is 0 Å². The number of methoxy groups -OCH3 is 1. The second-order valence-corrected chi connectivity index (χ2v) is 4.34. The van der Waals surface area contributed by atoms with E-state index in [0.29, 0.717) is 17.0 Å². The molecule has 22 heavy (non-hydrogen) atoms. The van der Waals surface area contributed by atoms with Gasteiger partial charge in [0.15, 0.2) is 5.65 Å². The van der Waals surface area contributed by atoms with Crippen LogP contribution in [0.3, 0.4) is 0 Å². The van der Waals surface area contributed by atoms with E-state index < -0.39 is 11.5 Å². The molecular formula is C14H10N3NaO4. The maximum atomic E-state index is 12.0. The van der Waals surface area contributed by atoms with E-state index in [9.17, 15) is 14.7 Å². The van der Waals surface area contributed by atoms with Crippen molar-refractivity contribution in [2.24, 2.45) is 0 Å². The molecule has 0 spiro atoms. The largest absolute Gasteiger partial charge is 1.00 e. The number of hydrogen-bond donors (Lipinski definition) is 1. The van der Waals surface area contributed by atoms with Crippen LogP contribution in [0, 0.1) is 0 Å². The third-order valence-corrected chi connectivity index (χ3v) is 3.10. The number of carbonyl (C=O) groups excluding carboxylic acids is 1. The average Bonchev–Trinajstić information content (AvgIpc) is 2.92. The van der Waals surface area contributed by atoms with Gasteiger partial charge in [0.2, 0.25) is 0 Å². The van der Waals surface area contributed by atoms with E-state index in [-0.39, 0.29) is 40.8 Å². The molecule has 0 saturated heterocycles. The topological polar surface area (TPSA) is 99.5 Å². The van der Waals surface area contributed by atoms with Gasteiger partial charge in [0.1, 0.15) is 5.75 Å². The quantitative estimate of drug-likeness (QED) is 0.522. The van der Waals surface area contributed by atoms with E-state index in [1.165, 1.54) is 12.3 Å². The molecule has 0 saturated carbocycles. The zero-order valence-electron chi connectivity index (χ0n) is 12.0. The molecule has 1 aromatic carbocycles. The molecule has 3 rings (SSSR count). The maximum absolute atomic E-state index is 12.0. The number of fused-ring (bicyclic) bond motifs is 1. The van der Waals surface area contributed by atoms with Crippen molar-refractivity contribution in [3.8, 4) is 17.0 Å². The number of carboxylic acid groups (broad SMARTS) is 1. The van der Waals surface area contributed by atoms with Crippen molar-refractivity contribution in [1.82, 2.24) is 14.6 Å². The van der Waals surface area contributed by atoms with E-state index in [2.05, 4.69) is 10.1 Å². The predicted octanol–water partition coefficient (Wildman–Crippen LogP) is -2.93. The summed E-state index contributed by atoms with van der Waals surface area (Å²) < 4.78 is 6.11. The first-order chi connectivity index (χ1) is 10.1. The Morgan fingerprint density at radius 1 is 1.32 bits per heavy atom. The fraction of sp³-hybridized carbons (Fsp3) is 0.0714. The molecule has 3 aromatic rings. The molecule has 0 atom stereocenters. The van der Waals surface area contributed by atoms with Crippen LogP contribution in [0.5, 0.6) is 5.75 Å². The average molecular weight is 307 g/mol. The van der Waals surface area contributed by atoms with Crippen molar-refractivity contribution in [2.45, 2.75) is 0 Å². The Bertz CT molecular complexity index is 883. The predicted molar refractivity (Wildman–Crippen MR) is 72.1 cm³/mol. The van der Waals surface area contributed by atoms with Gasteiger partial charge in [-0.15, -0.1) is 0 Å². The van der Waals surface area contributed by atoms with Crippen LogP contribution in [0.15, 0.2) is 41.3 Å². The summed E-state index contributed by atoms with van der Waals surface area (Å²) >= 11 is 0. The molecule has 0 aliphatic rings. The molecule has 0 bridgehead atoms. The van der Waals surface area contributed by atoms with Crippen LogP contribution < -0.4 is 45.0 Å². The first-order valence-corrected chi connectivity index (χ1v) is 6.07. The normalized spacial score (nSPS) is 10.2. The second kappa shape index (κ2) is 6.35. The summed E-state index contributed by atoms with van der Waals surface area (Å²) in [5, 5.41) is 13.6. The molecule has 106 valence electrons. The molecule has 0 fully saturated rings. The van der Waals surface area contributed by atoms with Gasteiger partial charge >= 0.3 is 29.6 Å². The first kappa shape index (κ1) is 16.3. The van der Waals surface area contributed by atoms with Crippen molar-refractivity contribution in [1.29, 1.82) is 0 Å². The number of nitrogens with zero attached hydrogens (tertiary/aromatic N) is 2. The van der Waals surface area contributed by atoms with Crippen LogP contribution >= 0.6 is 0 Å². The molecule has 0 radical (unpaired) electrons. The van der Waals surface area contributed by atoms with Crippen molar-refractivity contribution in [2.75, 3.05) is 7.11 Å². The number of nitrogens with one attached hydrogen (secondary N) is 1. The van der Waals surface area contributed by atoms with E-state index in [0.717, 1.165) is 4.52 Å². The van der Waals surface area contributed by atoms with Gasteiger partial charge in [0.05, 0.1) is 24.3 Å². The Balaban J connectivity index is 0.00000176. The number of carbonyl (C=O) groups is 1. The van der Waals surface area contributed by atoms with Crippen molar-refractivity contribution in [3.63, 3.8) is 0 Å². The zero-order valence-corrected chi connectivity index (χ0v) is 14.0. The number of aromatic amines is 1. The third kappa shape index (κ3) is 2.78. The van der Waals surface area contributed by atoms with Crippen molar-refractivity contribution >= 4 is 11.6 Å². The number of ether oxygens (including phenoxy) is 1. The van der Waals surface area contributed by atoms with Gasteiger partial charge in [-0.3, -0.25) is 9.89 Å². The van der Waals surface area contributed by atoms with E-state index in [1.54, 1.807) is 31.4 Å². The Hall–Kier alpha value is -2.09. The van der Waals surface area contributed by atoms with Gasteiger partial charge in [0, 0.05) is 17.8 Å². The van der Waals surface area contributed by atoms with Gasteiger partial charge in [0.25, 0.3) is 5.56 Å². The van der Waals surface area contributed by atoms with E-state index in [1.807, 2.05) is 0 Å². The second-order valence-electron chi connectivity index (χ2n) is 4.34. The summed E-state index contributed by atoms with van der Waals surface area (Å²) in [6.07, 6.45) is 1.18. The van der Waals surface area contributed by atoms with Gasteiger partial charge in [-0.05, 0) is 24.3 Å². The molecule has 0 amide bonds. The Morgan fingerprint density at radius 3 is 2.59 bits per heavy atom. The van der Waals surface area contributed by atoms with Gasteiger partial charge < -0.3 is 14.6 Å². The summed E-state index contributed by atoms with van der Waals surface area (Å²) in [5.41, 5.74) is 0.514. The maximum Gasteiger partial charge on any atom is 1.00 e. The molecule has 2 heterocycles. The van der Waals surface area contributed by atoms with E-state index in [4.69, 9.17) is 4.74 Å². The van der Waals surface area contributed by atoms with Crippen molar-refractivity contribution < 1.29 is 44.2 Å². The fourth-order valence-electron chi connectivity index (χ4n) is 2.04. The Morgan fingerprint density at radius 2 is 2.00 bits per heavy atom. The van der Waals surface area contributed by atoms with Gasteiger partial charge in [-0.25, -0.2) is 9.50 Å². The van der Waals surface area contributed by atoms with Crippen LogP contribution in [0.4, 0.5) is 0 Å². The molecular weight excluding hydrogens is 297 g/mol. The molecule has 2 aromatic heterocycles. The Kier molecular flexibility index (Phi) is 4.70. The molecule has 0 aliphatic heterocycles. The number of carboxylic acids is 1. The molecule has 1 N–H and O–H groups in total. The fourth-order valence-corrected chi connectivity index (χ4v) is 2.04. The minimum Gasteiger partial charge on any atom is -0.545 e. The van der Waals surface area contributed by atoms with Crippen LogP contribution in [0.2, 0.25) is 0 Å². The molecule has 8 heteroatoms. The van der Waals surface area contributed by atoms with Crippen LogP contribution in [0.1, 0.15) is 10.4 Å². The molecule has 7 nitrogen and oxygen atoms in total. The number of benzene rings is 1. The van der Waals surface area contributed by atoms with Crippen molar-refractivity contribution in [3.05, 3.63) is 52.4 Å². The number of aromatic carboxylic acids is 1. The number of hydrogen-bond acceptors (Lipinski definition) is 5. The monoisotopic (exact) mass is 307 g/mol. The minimum atomic E-state index is -1.40. The smallest absolute Gasteiger partial charge is 0.545 e. The van der Waals surface area contributed by atoms with Gasteiger partial charge in [-0.1, -0.05) is 0 Å². The number of H-pyrrole nitrogens is 1. The minimum absolute atomic E-state index is 0. The summed E-state index contributed by atoms with van der Waals surface area (Å²) in [4.78, 5) is 27.2. The first-order valence-electron chi connectivity index (χ1n) is 6.07. The van der Waals surface area contributed by atoms with Crippen LogP contribution in [0.25, 0.3) is 16.9 Å². The molecule has 0 aliphatic carbocycles. The summed E-state index contributed by atoms with van der Waals surface area (Å²) in [6.45, 7) is 0. The third-order valence-electron chi connectivity index (χ3n) is 3.10. The van der Waals surface area contributed by atoms with Crippen LogP contribution in [-0.4, -0.2) is 27.7 Å². The number of rotatable bonds is 3.